The van der Waals surface area contributed by atoms with Crippen LogP contribution in [0.5, 0.6) is 0 Å². The molecule has 5 heteroatoms. The maximum atomic E-state index is 5.91. The number of aryl methyl sites for hydroxylation is 2. The number of hydrogen-bond acceptors (Lipinski definition) is 4. The summed E-state index contributed by atoms with van der Waals surface area (Å²) in [6.45, 7) is 5.93. The van der Waals surface area contributed by atoms with Crippen LogP contribution >= 0.6 is 23.6 Å². The van der Waals surface area contributed by atoms with Gasteiger partial charge in [-0.05, 0) is 48.9 Å². The quantitative estimate of drug-likeness (QED) is 0.866. The maximum Gasteiger partial charge on any atom is 0.139 e. The van der Waals surface area contributed by atoms with Gasteiger partial charge in [0.1, 0.15) is 10.8 Å². The van der Waals surface area contributed by atoms with Gasteiger partial charge in [0, 0.05) is 23.7 Å². The molecular weight excluding hydrogens is 286 g/mol. The van der Waals surface area contributed by atoms with Gasteiger partial charge in [-0.25, -0.2) is 4.98 Å². The van der Waals surface area contributed by atoms with Gasteiger partial charge in [-0.1, -0.05) is 12.2 Å². The SMILES string of the molecule is Cc1cc(C)c(C(N)=S)c(N2CCc3sccc3C2)n1. The highest BCUT2D eigenvalue weighted by atomic mass is 32.1. The molecule has 0 aliphatic carbocycles. The summed E-state index contributed by atoms with van der Waals surface area (Å²) in [7, 11) is 0. The number of nitrogens with zero attached hydrogens (tertiary/aromatic N) is 2. The molecule has 0 saturated carbocycles. The van der Waals surface area contributed by atoms with Gasteiger partial charge in [0.25, 0.3) is 0 Å². The van der Waals surface area contributed by atoms with Gasteiger partial charge in [-0.3, -0.25) is 0 Å². The number of fused-ring (bicyclic) bond motifs is 1. The first-order valence-corrected chi connectivity index (χ1v) is 7.93. The van der Waals surface area contributed by atoms with Gasteiger partial charge in [-0.2, -0.15) is 0 Å². The molecule has 1 aliphatic rings. The summed E-state index contributed by atoms with van der Waals surface area (Å²) in [4.78, 5) is 8.91. The van der Waals surface area contributed by atoms with Crippen LogP contribution in [0, 0.1) is 13.8 Å². The zero-order valence-corrected chi connectivity index (χ0v) is 13.3. The maximum absolute atomic E-state index is 5.91. The van der Waals surface area contributed by atoms with Gasteiger partial charge >= 0.3 is 0 Å². The van der Waals surface area contributed by atoms with Crippen LogP contribution < -0.4 is 10.6 Å². The fourth-order valence-corrected chi connectivity index (χ4v) is 3.92. The highest BCUT2D eigenvalue weighted by Gasteiger charge is 2.22. The molecule has 3 rings (SSSR count). The van der Waals surface area contributed by atoms with Crippen LogP contribution in [0.3, 0.4) is 0 Å². The van der Waals surface area contributed by atoms with E-state index in [1.165, 1.54) is 10.4 Å². The van der Waals surface area contributed by atoms with E-state index in [0.717, 1.165) is 42.1 Å². The van der Waals surface area contributed by atoms with Gasteiger partial charge in [-0.15, -0.1) is 11.3 Å². The van der Waals surface area contributed by atoms with E-state index in [1.54, 1.807) is 0 Å². The number of pyridine rings is 1. The van der Waals surface area contributed by atoms with E-state index >= 15 is 0 Å². The predicted octanol–water partition coefficient (Wildman–Crippen LogP) is 2.96. The Balaban J connectivity index is 2.05. The minimum atomic E-state index is 0.432. The minimum absolute atomic E-state index is 0.432. The van der Waals surface area contributed by atoms with E-state index in [0.29, 0.717) is 4.99 Å². The van der Waals surface area contributed by atoms with E-state index in [9.17, 15) is 0 Å². The smallest absolute Gasteiger partial charge is 0.139 e. The molecule has 20 heavy (non-hydrogen) atoms. The molecule has 0 saturated heterocycles. The molecule has 2 aromatic rings. The first kappa shape index (κ1) is 13.5. The predicted molar refractivity (Wildman–Crippen MR) is 88.7 cm³/mol. The molecule has 0 spiro atoms. The Hall–Kier alpha value is -1.46. The summed E-state index contributed by atoms with van der Waals surface area (Å²) in [5, 5.41) is 2.16. The van der Waals surface area contributed by atoms with Crippen LogP contribution in [-0.4, -0.2) is 16.5 Å². The average molecular weight is 303 g/mol. The van der Waals surface area contributed by atoms with E-state index in [2.05, 4.69) is 16.3 Å². The lowest BCUT2D eigenvalue weighted by Gasteiger charge is -2.30. The number of thiophene rings is 1. The minimum Gasteiger partial charge on any atom is -0.389 e. The number of nitrogens with two attached hydrogens (primary N) is 1. The van der Waals surface area contributed by atoms with Crippen LogP contribution in [0.1, 0.15) is 27.3 Å². The standard InChI is InChI=1S/C15H17N3S2/c1-9-7-10(2)17-15(13(9)14(16)19)18-5-3-12-11(8-18)4-6-20-12/h4,6-7H,3,5,8H2,1-2H3,(H2,16,19). The number of thiocarbonyl (C=S) groups is 1. The van der Waals surface area contributed by atoms with E-state index < -0.39 is 0 Å². The first-order chi connectivity index (χ1) is 9.56. The molecule has 3 heterocycles. The molecule has 104 valence electrons. The molecule has 0 unspecified atom stereocenters. The summed E-state index contributed by atoms with van der Waals surface area (Å²) < 4.78 is 0. The van der Waals surface area contributed by atoms with Gasteiger partial charge in [0.2, 0.25) is 0 Å². The number of anilines is 1. The Morgan fingerprint density at radius 3 is 3.00 bits per heavy atom. The van der Waals surface area contributed by atoms with Crippen molar-refractivity contribution in [2.75, 3.05) is 11.4 Å². The first-order valence-electron chi connectivity index (χ1n) is 6.64. The van der Waals surface area contributed by atoms with Gasteiger partial charge in [0.05, 0.1) is 5.56 Å². The summed E-state index contributed by atoms with van der Waals surface area (Å²) in [5.74, 6) is 0.937. The van der Waals surface area contributed by atoms with Crippen molar-refractivity contribution < 1.29 is 0 Å². The van der Waals surface area contributed by atoms with E-state index in [-0.39, 0.29) is 0 Å². The Labute approximate surface area is 128 Å². The fraction of sp³-hybridized carbons (Fsp3) is 0.333. The largest absolute Gasteiger partial charge is 0.389 e. The Bertz CT molecular complexity index is 676. The van der Waals surface area contributed by atoms with Crippen LogP contribution in [0.4, 0.5) is 5.82 Å². The molecule has 3 nitrogen and oxygen atoms in total. The van der Waals surface area contributed by atoms with Crippen LogP contribution in [-0.2, 0) is 13.0 Å². The van der Waals surface area contributed by atoms with Crippen molar-refractivity contribution in [1.29, 1.82) is 0 Å². The van der Waals surface area contributed by atoms with Crippen molar-refractivity contribution in [2.24, 2.45) is 5.73 Å². The number of hydrogen-bond donors (Lipinski definition) is 1. The van der Waals surface area contributed by atoms with E-state index in [1.807, 2.05) is 31.3 Å². The lowest BCUT2D eigenvalue weighted by molar-refractivity contribution is 0.729. The summed E-state index contributed by atoms with van der Waals surface area (Å²) in [5.41, 5.74) is 10.3. The van der Waals surface area contributed by atoms with Crippen molar-refractivity contribution in [3.05, 3.63) is 44.8 Å². The Kier molecular flexibility index (Phi) is 3.48. The second-order valence-electron chi connectivity index (χ2n) is 5.18. The lowest BCUT2D eigenvalue weighted by Crippen LogP contribution is -2.32. The molecule has 1 aliphatic heterocycles. The zero-order chi connectivity index (χ0) is 14.3. The molecular formula is C15H17N3S2. The second-order valence-corrected chi connectivity index (χ2v) is 6.62. The molecule has 0 bridgehead atoms. The summed E-state index contributed by atoms with van der Waals surface area (Å²) in [6.07, 6.45) is 1.07. The van der Waals surface area contributed by atoms with Crippen LogP contribution in [0.25, 0.3) is 0 Å². The van der Waals surface area contributed by atoms with Gasteiger partial charge < -0.3 is 10.6 Å². The third-order valence-corrected chi connectivity index (χ3v) is 4.91. The monoisotopic (exact) mass is 303 g/mol. The highest BCUT2D eigenvalue weighted by Crippen LogP contribution is 2.30. The fourth-order valence-electron chi connectivity index (χ4n) is 2.78. The van der Waals surface area contributed by atoms with Crippen molar-refractivity contribution >= 4 is 34.4 Å². The van der Waals surface area contributed by atoms with Crippen molar-refractivity contribution in [1.82, 2.24) is 4.98 Å². The molecule has 2 aromatic heterocycles. The molecule has 0 atom stereocenters. The Morgan fingerprint density at radius 2 is 2.25 bits per heavy atom. The third kappa shape index (κ3) is 2.31. The van der Waals surface area contributed by atoms with Crippen molar-refractivity contribution in [3.8, 4) is 0 Å². The molecule has 0 radical (unpaired) electrons. The van der Waals surface area contributed by atoms with Crippen molar-refractivity contribution in [3.63, 3.8) is 0 Å². The number of rotatable bonds is 2. The molecule has 0 aromatic carbocycles. The summed E-state index contributed by atoms with van der Waals surface area (Å²) >= 11 is 7.07. The highest BCUT2D eigenvalue weighted by molar-refractivity contribution is 7.80. The summed E-state index contributed by atoms with van der Waals surface area (Å²) in [6, 6.07) is 4.24. The topological polar surface area (TPSA) is 42.1 Å². The lowest BCUT2D eigenvalue weighted by atomic mass is 10.1. The Morgan fingerprint density at radius 1 is 1.45 bits per heavy atom. The average Bonchev–Trinajstić information content (AvgIpc) is 2.84. The second kappa shape index (κ2) is 5.14. The third-order valence-electron chi connectivity index (χ3n) is 3.68. The van der Waals surface area contributed by atoms with E-state index in [4.69, 9.17) is 22.9 Å². The molecule has 2 N–H and O–H groups in total. The van der Waals surface area contributed by atoms with Gasteiger partial charge in [0.15, 0.2) is 0 Å². The number of aromatic nitrogens is 1. The van der Waals surface area contributed by atoms with Crippen molar-refractivity contribution in [2.45, 2.75) is 26.8 Å². The normalized spacial score (nSPS) is 14.2. The molecule has 0 fully saturated rings. The zero-order valence-electron chi connectivity index (χ0n) is 11.6. The van der Waals surface area contributed by atoms with Crippen LogP contribution in [0.15, 0.2) is 17.5 Å². The molecule has 0 amide bonds. The van der Waals surface area contributed by atoms with Crippen LogP contribution in [0.2, 0.25) is 0 Å².